The maximum atomic E-state index is 5.97. The Labute approximate surface area is 138 Å². The Hall–Kier alpha value is -2.20. The molecule has 0 aliphatic rings. The van der Waals surface area contributed by atoms with Crippen molar-refractivity contribution in [1.29, 1.82) is 0 Å². The molecular weight excluding hydrogens is 290 g/mol. The first kappa shape index (κ1) is 17.2. The summed E-state index contributed by atoms with van der Waals surface area (Å²) in [6.07, 6.45) is 1.08. The molecule has 0 amide bonds. The number of ether oxygens (including phenoxy) is 3. The largest absolute Gasteiger partial charge is 0.491 e. The van der Waals surface area contributed by atoms with Gasteiger partial charge in [0.05, 0.1) is 13.2 Å². The minimum absolute atomic E-state index is 0.134. The summed E-state index contributed by atoms with van der Waals surface area (Å²) in [7, 11) is 1.66. The second kappa shape index (κ2) is 9.74. The molecule has 0 bridgehead atoms. The molecule has 124 valence electrons. The number of anilines is 1. The van der Waals surface area contributed by atoms with Gasteiger partial charge in [0.15, 0.2) is 0 Å². The zero-order valence-corrected chi connectivity index (χ0v) is 13.8. The number of hydrogen-bond acceptors (Lipinski definition) is 4. The minimum atomic E-state index is 0.134. The number of nitrogens with one attached hydrogen (secondary N) is 1. The summed E-state index contributed by atoms with van der Waals surface area (Å²) < 4.78 is 16.5. The van der Waals surface area contributed by atoms with E-state index in [-0.39, 0.29) is 6.10 Å². The number of para-hydroxylation sites is 1. The van der Waals surface area contributed by atoms with E-state index >= 15 is 0 Å². The van der Waals surface area contributed by atoms with Gasteiger partial charge in [0.2, 0.25) is 0 Å². The van der Waals surface area contributed by atoms with Crippen molar-refractivity contribution in [3.05, 3.63) is 54.6 Å². The maximum Gasteiger partial charge on any atom is 0.119 e. The van der Waals surface area contributed by atoms with Gasteiger partial charge in [-0.1, -0.05) is 25.1 Å². The minimum Gasteiger partial charge on any atom is -0.491 e. The van der Waals surface area contributed by atoms with E-state index < -0.39 is 0 Å². The van der Waals surface area contributed by atoms with E-state index in [4.69, 9.17) is 14.2 Å². The Kier molecular flexibility index (Phi) is 7.27. The van der Waals surface area contributed by atoms with E-state index in [0.29, 0.717) is 13.2 Å². The first-order chi connectivity index (χ1) is 11.3. The highest BCUT2D eigenvalue weighted by Gasteiger charge is 2.07. The summed E-state index contributed by atoms with van der Waals surface area (Å²) in [5.74, 6) is 1.75. The van der Waals surface area contributed by atoms with Crippen molar-refractivity contribution < 1.29 is 14.2 Å². The second-order valence-electron chi connectivity index (χ2n) is 5.21. The first-order valence-electron chi connectivity index (χ1n) is 7.99. The lowest BCUT2D eigenvalue weighted by Gasteiger charge is -2.19. The fraction of sp³-hybridized carbons (Fsp3) is 0.368. The van der Waals surface area contributed by atoms with Gasteiger partial charge in [-0.05, 0) is 42.8 Å². The van der Waals surface area contributed by atoms with Gasteiger partial charge < -0.3 is 19.5 Å². The molecule has 0 aromatic heterocycles. The van der Waals surface area contributed by atoms with Gasteiger partial charge in [0.1, 0.15) is 24.2 Å². The Morgan fingerprint density at radius 3 is 2.30 bits per heavy atom. The molecule has 1 unspecified atom stereocenters. The SMILES string of the molecule is CCC(CNc1ccc(OCCOC)cc1)Oc1ccccc1. The first-order valence-corrected chi connectivity index (χ1v) is 7.99. The Bertz CT molecular complexity index is 542. The molecule has 2 rings (SSSR count). The van der Waals surface area contributed by atoms with Crippen LogP contribution in [0.15, 0.2) is 54.6 Å². The van der Waals surface area contributed by atoms with Crippen LogP contribution in [0.4, 0.5) is 5.69 Å². The van der Waals surface area contributed by atoms with Crippen molar-refractivity contribution in [2.24, 2.45) is 0 Å². The van der Waals surface area contributed by atoms with Gasteiger partial charge in [-0.25, -0.2) is 0 Å². The molecule has 2 aromatic rings. The van der Waals surface area contributed by atoms with E-state index in [1.807, 2.05) is 54.6 Å². The smallest absolute Gasteiger partial charge is 0.119 e. The van der Waals surface area contributed by atoms with Crippen molar-refractivity contribution in [3.8, 4) is 11.5 Å². The molecule has 0 saturated carbocycles. The number of benzene rings is 2. The monoisotopic (exact) mass is 315 g/mol. The van der Waals surface area contributed by atoms with Crippen LogP contribution in [-0.2, 0) is 4.74 Å². The molecule has 0 spiro atoms. The molecule has 1 atom stereocenters. The van der Waals surface area contributed by atoms with Crippen LogP contribution in [0.5, 0.6) is 11.5 Å². The predicted molar refractivity (Wildman–Crippen MR) is 93.5 cm³/mol. The van der Waals surface area contributed by atoms with Crippen molar-refractivity contribution in [2.75, 3.05) is 32.2 Å². The molecule has 4 heteroatoms. The Morgan fingerprint density at radius 2 is 1.65 bits per heavy atom. The lowest BCUT2D eigenvalue weighted by Crippen LogP contribution is -2.25. The van der Waals surface area contributed by atoms with E-state index in [9.17, 15) is 0 Å². The van der Waals surface area contributed by atoms with E-state index in [0.717, 1.165) is 30.2 Å². The zero-order chi connectivity index (χ0) is 16.3. The number of hydrogen-bond donors (Lipinski definition) is 1. The third-order valence-corrected chi connectivity index (χ3v) is 3.45. The summed E-state index contributed by atoms with van der Waals surface area (Å²) in [5.41, 5.74) is 1.05. The Balaban J connectivity index is 1.79. The van der Waals surface area contributed by atoms with Crippen LogP contribution in [0.2, 0.25) is 0 Å². The molecule has 0 aliphatic heterocycles. The molecule has 0 saturated heterocycles. The average molecular weight is 315 g/mol. The van der Waals surface area contributed by atoms with E-state index in [1.54, 1.807) is 7.11 Å². The van der Waals surface area contributed by atoms with Crippen LogP contribution in [-0.4, -0.2) is 33.0 Å². The number of rotatable bonds is 10. The van der Waals surface area contributed by atoms with Crippen LogP contribution in [0.1, 0.15) is 13.3 Å². The predicted octanol–water partition coefficient (Wildman–Crippen LogP) is 3.98. The summed E-state index contributed by atoms with van der Waals surface area (Å²) in [6.45, 7) is 4.04. The highest BCUT2D eigenvalue weighted by atomic mass is 16.5. The third kappa shape index (κ3) is 6.20. The zero-order valence-electron chi connectivity index (χ0n) is 13.8. The summed E-state index contributed by atoms with van der Waals surface area (Å²) in [6, 6.07) is 17.9. The van der Waals surface area contributed by atoms with Gasteiger partial charge in [-0.3, -0.25) is 0 Å². The van der Waals surface area contributed by atoms with Crippen LogP contribution in [0.25, 0.3) is 0 Å². The van der Waals surface area contributed by atoms with Crippen molar-refractivity contribution >= 4 is 5.69 Å². The van der Waals surface area contributed by atoms with Crippen molar-refractivity contribution in [1.82, 2.24) is 0 Å². The van der Waals surface area contributed by atoms with Crippen LogP contribution in [0, 0.1) is 0 Å². The van der Waals surface area contributed by atoms with Crippen LogP contribution >= 0.6 is 0 Å². The molecule has 1 N–H and O–H groups in total. The van der Waals surface area contributed by atoms with Crippen LogP contribution in [0.3, 0.4) is 0 Å². The quantitative estimate of drug-likeness (QED) is 0.673. The molecule has 23 heavy (non-hydrogen) atoms. The van der Waals surface area contributed by atoms with E-state index in [2.05, 4.69) is 12.2 Å². The lowest BCUT2D eigenvalue weighted by atomic mass is 10.2. The lowest BCUT2D eigenvalue weighted by molar-refractivity contribution is 0.146. The Morgan fingerprint density at radius 1 is 0.913 bits per heavy atom. The van der Waals surface area contributed by atoms with Gasteiger partial charge in [0.25, 0.3) is 0 Å². The van der Waals surface area contributed by atoms with E-state index in [1.165, 1.54) is 0 Å². The molecular formula is C19H25NO3. The highest BCUT2D eigenvalue weighted by molar-refractivity contribution is 5.46. The molecule has 2 aromatic carbocycles. The summed E-state index contributed by atoms with van der Waals surface area (Å²) in [5, 5.41) is 3.41. The third-order valence-electron chi connectivity index (χ3n) is 3.45. The van der Waals surface area contributed by atoms with Crippen LogP contribution < -0.4 is 14.8 Å². The van der Waals surface area contributed by atoms with Gasteiger partial charge >= 0.3 is 0 Å². The topological polar surface area (TPSA) is 39.7 Å². The normalized spacial score (nSPS) is 11.7. The van der Waals surface area contributed by atoms with Crippen molar-refractivity contribution in [3.63, 3.8) is 0 Å². The highest BCUT2D eigenvalue weighted by Crippen LogP contribution is 2.17. The summed E-state index contributed by atoms with van der Waals surface area (Å²) >= 11 is 0. The molecule has 4 nitrogen and oxygen atoms in total. The maximum absolute atomic E-state index is 5.97. The molecule has 0 radical (unpaired) electrons. The molecule has 0 aliphatic carbocycles. The van der Waals surface area contributed by atoms with Gasteiger partial charge in [-0.15, -0.1) is 0 Å². The second-order valence-corrected chi connectivity index (χ2v) is 5.21. The van der Waals surface area contributed by atoms with Gasteiger partial charge in [0, 0.05) is 12.8 Å². The van der Waals surface area contributed by atoms with Gasteiger partial charge in [-0.2, -0.15) is 0 Å². The fourth-order valence-electron chi connectivity index (χ4n) is 2.10. The summed E-state index contributed by atoms with van der Waals surface area (Å²) in [4.78, 5) is 0. The fourth-order valence-corrected chi connectivity index (χ4v) is 2.10. The molecule has 0 heterocycles. The standard InChI is InChI=1S/C19H25NO3/c1-3-17(23-19-7-5-4-6-8-19)15-20-16-9-11-18(12-10-16)22-14-13-21-2/h4-12,17,20H,3,13-15H2,1-2H3. The number of methoxy groups -OCH3 is 1. The van der Waals surface area contributed by atoms with Crippen molar-refractivity contribution in [2.45, 2.75) is 19.4 Å². The molecule has 0 fully saturated rings. The average Bonchev–Trinajstić information content (AvgIpc) is 2.61.